The van der Waals surface area contributed by atoms with Gasteiger partial charge in [0.25, 0.3) is 0 Å². The summed E-state index contributed by atoms with van der Waals surface area (Å²) in [7, 11) is 0. The summed E-state index contributed by atoms with van der Waals surface area (Å²) in [5.41, 5.74) is 20.8. The lowest BCUT2D eigenvalue weighted by molar-refractivity contribution is -0.149. The molecule has 1 aliphatic rings. The summed E-state index contributed by atoms with van der Waals surface area (Å²) in [5, 5.41) is 13.8. The van der Waals surface area contributed by atoms with Crippen LogP contribution in [0.5, 0.6) is 0 Å². The molecule has 15 nitrogen and oxygen atoms in total. The third-order valence-corrected chi connectivity index (χ3v) is 4.91. The number of carboxylic acid groups (broad SMARTS) is 1. The first kappa shape index (κ1) is 27.3. The van der Waals surface area contributed by atoms with Crippen LogP contribution in [-0.2, 0) is 33.6 Å². The van der Waals surface area contributed by atoms with Crippen LogP contribution in [0.2, 0.25) is 0 Å². The SMILES string of the molecule is NC(=O)CCC(NC(=O)C(CC(N)=O)NC(=O)C(N)CC(N)=O)C(=O)N1CCCC1C(=O)O. The number of carboxylic acids is 1. The van der Waals surface area contributed by atoms with E-state index in [1.54, 1.807) is 0 Å². The van der Waals surface area contributed by atoms with Gasteiger partial charge in [-0.3, -0.25) is 28.8 Å². The number of carbonyl (C=O) groups excluding carboxylic acids is 6. The topological polar surface area (TPSA) is 271 Å². The van der Waals surface area contributed by atoms with Crippen molar-refractivity contribution in [2.45, 2.75) is 62.7 Å². The molecule has 1 heterocycles. The van der Waals surface area contributed by atoms with E-state index >= 15 is 0 Å². The van der Waals surface area contributed by atoms with Gasteiger partial charge in [-0.2, -0.15) is 0 Å². The largest absolute Gasteiger partial charge is 0.480 e. The number of carbonyl (C=O) groups is 7. The van der Waals surface area contributed by atoms with E-state index in [2.05, 4.69) is 10.6 Å². The van der Waals surface area contributed by atoms with Gasteiger partial charge in [-0.25, -0.2) is 4.79 Å². The molecule has 1 saturated heterocycles. The van der Waals surface area contributed by atoms with Crippen LogP contribution in [0.4, 0.5) is 0 Å². The Morgan fingerprint density at radius 1 is 0.879 bits per heavy atom. The maximum Gasteiger partial charge on any atom is 0.326 e. The first-order valence-corrected chi connectivity index (χ1v) is 10.1. The minimum absolute atomic E-state index is 0.127. The summed E-state index contributed by atoms with van der Waals surface area (Å²) < 4.78 is 0. The molecule has 1 aliphatic heterocycles. The second kappa shape index (κ2) is 12.3. The Balaban J connectivity index is 3.04. The highest BCUT2D eigenvalue weighted by Gasteiger charge is 2.38. The minimum Gasteiger partial charge on any atom is -0.480 e. The van der Waals surface area contributed by atoms with Crippen LogP contribution >= 0.6 is 0 Å². The summed E-state index contributed by atoms with van der Waals surface area (Å²) in [5.74, 6) is -6.57. The molecular weight excluding hydrogens is 442 g/mol. The van der Waals surface area contributed by atoms with Crippen LogP contribution in [0.3, 0.4) is 0 Å². The van der Waals surface area contributed by atoms with Gasteiger partial charge in [0.1, 0.15) is 18.1 Å². The number of hydrogen-bond donors (Lipinski definition) is 7. The molecule has 1 rings (SSSR count). The fourth-order valence-corrected chi connectivity index (χ4v) is 3.30. The lowest BCUT2D eigenvalue weighted by Crippen LogP contribution is -2.58. The van der Waals surface area contributed by atoms with Crippen LogP contribution in [0.25, 0.3) is 0 Å². The molecule has 4 unspecified atom stereocenters. The summed E-state index contributed by atoms with van der Waals surface area (Å²) in [6, 6.07) is -5.43. The van der Waals surface area contributed by atoms with Gasteiger partial charge in [0.05, 0.1) is 18.9 Å². The summed E-state index contributed by atoms with van der Waals surface area (Å²) in [6.07, 6.45) is -1.10. The molecule has 0 aromatic heterocycles. The molecule has 0 aliphatic carbocycles. The second-order valence-electron chi connectivity index (χ2n) is 7.60. The highest BCUT2D eigenvalue weighted by molar-refractivity contribution is 5.97. The van der Waals surface area contributed by atoms with E-state index in [1.165, 1.54) is 0 Å². The van der Waals surface area contributed by atoms with Gasteiger partial charge in [0.2, 0.25) is 35.4 Å². The zero-order chi connectivity index (χ0) is 25.3. The van der Waals surface area contributed by atoms with Crippen molar-refractivity contribution >= 4 is 41.4 Å². The van der Waals surface area contributed by atoms with Crippen LogP contribution < -0.4 is 33.6 Å². The van der Waals surface area contributed by atoms with Gasteiger partial charge in [0, 0.05) is 13.0 Å². The molecule has 11 N–H and O–H groups in total. The zero-order valence-electron chi connectivity index (χ0n) is 17.8. The first-order chi connectivity index (χ1) is 15.3. The van der Waals surface area contributed by atoms with E-state index < -0.39 is 78.4 Å². The number of aliphatic carboxylic acids is 1. The van der Waals surface area contributed by atoms with Crippen molar-refractivity contribution in [3.8, 4) is 0 Å². The van der Waals surface area contributed by atoms with E-state index in [0.29, 0.717) is 6.42 Å². The number of rotatable bonds is 13. The van der Waals surface area contributed by atoms with Gasteiger partial charge in [-0.05, 0) is 19.3 Å². The molecule has 33 heavy (non-hydrogen) atoms. The molecule has 0 aromatic rings. The lowest BCUT2D eigenvalue weighted by Gasteiger charge is -2.28. The number of nitrogens with one attached hydrogen (secondary N) is 2. The van der Waals surface area contributed by atoms with Crippen LogP contribution in [0, 0.1) is 0 Å². The number of nitrogens with two attached hydrogens (primary N) is 4. The fraction of sp³-hybridized carbons (Fsp3) is 0.611. The highest BCUT2D eigenvalue weighted by Crippen LogP contribution is 2.19. The van der Waals surface area contributed by atoms with E-state index in [1.807, 2.05) is 0 Å². The van der Waals surface area contributed by atoms with Gasteiger partial charge >= 0.3 is 5.97 Å². The molecule has 0 bridgehead atoms. The molecule has 0 aromatic carbocycles. The van der Waals surface area contributed by atoms with Crippen molar-refractivity contribution in [1.29, 1.82) is 0 Å². The van der Waals surface area contributed by atoms with E-state index in [-0.39, 0.29) is 25.8 Å². The average Bonchev–Trinajstić information content (AvgIpc) is 3.19. The third-order valence-electron chi connectivity index (χ3n) is 4.91. The number of likely N-dealkylation sites (tertiary alicyclic amines) is 1. The van der Waals surface area contributed by atoms with Crippen molar-refractivity contribution < 1.29 is 38.7 Å². The van der Waals surface area contributed by atoms with E-state index in [0.717, 1.165) is 4.90 Å². The maximum atomic E-state index is 13.0. The molecule has 4 atom stereocenters. The Kier molecular flexibility index (Phi) is 10.2. The van der Waals surface area contributed by atoms with E-state index in [4.69, 9.17) is 22.9 Å². The van der Waals surface area contributed by atoms with Crippen molar-refractivity contribution in [3.05, 3.63) is 0 Å². The molecule has 0 saturated carbocycles. The van der Waals surface area contributed by atoms with Crippen molar-refractivity contribution in [2.24, 2.45) is 22.9 Å². The van der Waals surface area contributed by atoms with Crippen molar-refractivity contribution in [2.75, 3.05) is 6.54 Å². The Hall–Kier alpha value is -3.75. The number of hydrogen-bond acceptors (Lipinski definition) is 8. The van der Waals surface area contributed by atoms with Crippen LogP contribution in [-0.4, -0.2) is 82.1 Å². The third kappa shape index (κ3) is 8.72. The minimum atomic E-state index is -1.56. The first-order valence-electron chi connectivity index (χ1n) is 10.1. The van der Waals surface area contributed by atoms with Crippen LogP contribution in [0.15, 0.2) is 0 Å². The molecule has 0 spiro atoms. The Morgan fingerprint density at radius 2 is 1.45 bits per heavy atom. The number of primary amides is 3. The molecule has 15 heteroatoms. The summed E-state index contributed by atoms with van der Waals surface area (Å²) >= 11 is 0. The zero-order valence-corrected chi connectivity index (χ0v) is 17.8. The lowest BCUT2D eigenvalue weighted by atomic mass is 10.1. The van der Waals surface area contributed by atoms with Crippen molar-refractivity contribution in [1.82, 2.24) is 15.5 Å². The molecule has 184 valence electrons. The molecule has 1 fully saturated rings. The van der Waals surface area contributed by atoms with Gasteiger partial charge in [-0.1, -0.05) is 0 Å². The monoisotopic (exact) mass is 471 g/mol. The summed E-state index contributed by atoms with van der Waals surface area (Å²) in [6.45, 7) is 0.127. The smallest absolute Gasteiger partial charge is 0.326 e. The van der Waals surface area contributed by atoms with Gasteiger partial charge < -0.3 is 43.6 Å². The highest BCUT2D eigenvalue weighted by atomic mass is 16.4. The number of amides is 6. The average molecular weight is 471 g/mol. The quantitative estimate of drug-likeness (QED) is 0.136. The Labute approximate surface area is 188 Å². The van der Waals surface area contributed by atoms with Gasteiger partial charge in [-0.15, -0.1) is 0 Å². The molecule has 6 amide bonds. The second-order valence-corrected chi connectivity index (χ2v) is 7.60. The van der Waals surface area contributed by atoms with Crippen molar-refractivity contribution in [3.63, 3.8) is 0 Å². The standard InChI is InChI=1S/C18H29N7O8/c19-8(6-13(21)27)15(29)24-10(7-14(22)28)16(30)23-9(3-4-12(20)26)17(31)25-5-1-2-11(25)18(32)33/h8-11H,1-7,19H2,(H2,20,26)(H2,21,27)(H2,22,28)(H,23,30)(H,24,29)(H,32,33). The maximum absolute atomic E-state index is 13.0. The van der Waals surface area contributed by atoms with Crippen LogP contribution in [0.1, 0.15) is 38.5 Å². The predicted molar refractivity (Wildman–Crippen MR) is 110 cm³/mol. The van der Waals surface area contributed by atoms with E-state index in [9.17, 15) is 38.7 Å². The Bertz CT molecular complexity index is 818. The molecular formula is C18H29N7O8. The summed E-state index contributed by atoms with van der Waals surface area (Å²) in [4.78, 5) is 83.9. The van der Waals surface area contributed by atoms with Gasteiger partial charge in [0.15, 0.2) is 0 Å². The molecule has 0 radical (unpaired) electrons. The number of nitrogens with zero attached hydrogens (tertiary/aromatic N) is 1. The fourth-order valence-electron chi connectivity index (χ4n) is 3.30. The normalized spacial score (nSPS) is 18.0. The predicted octanol–water partition coefficient (Wildman–Crippen LogP) is -4.62. The Morgan fingerprint density at radius 3 is 1.97 bits per heavy atom.